The number of hydrogen-bond donors (Lipinski definition) is 0. The molecule has 0 bridgehead atoms. The maximum absolute atomic E-state index is 10.5. The molecule has 2 heteroatoms. The van der Waals surface area contributed by atoms with Crippen molar-refractivity contribution in [2.24, 2.45) is 5.92 Å². The van der Waals surface area contributed by atoms with Gasteiger partial charge in [-0.2, -0.15) is 0 Å². The van der Waals surface area contributed by atoms with E-state index in [1.54, 1.807) is 0 Å². The van der Waals surface area contributed by atoms with Crippen LogP contribution in [0.25, 0.3) is 0 Å². The van der Waals surface area contributed by atoms with E-state index in [2.05, 4.69) is 30.0 Å². The van der Waals surface area contributed by atoms with Crippen LogP contribution in [0.15, 0.2) is 24.3 Å². The van der Waals surface area contributed by atoms with Crippen LogP contribution in [-0.4, -0.2) is 19.4 Å². The number of fused-ring (bicyclic) bond motifs is 1. The van der Waals surface area contributed by atoms with Crippen molar-refractivity contribution in [2.75, 3.05) is 18.0 Å². The standard InChI is InChI=1S/C12H15NO/c1-10-8-11-4-2-3-5-12(11)13(9-10)6-7-14/h2-5,7,10H,6,8-9H2,1H3. The van der Waals surface area contributed by atoms with Gasteiger partial charge in [0.1, 0.15) is 6.29 Å². The van der Waals surface area contributed by atoms with Gasteiger partial charge in [-0.3, -0.25) is 0 Å². The Bertz CT molecular complexity index is 335. The van der Waals surface area contributed by atoms with Gasteiger partial charge in [-0.05, 0) is 24.0 Å². The van der Waals surface area contributed by atoms with Gasteiger partial charge in [0.2, 0.25) is 0 Å². The number of hydrogen-bond acceptors (Lipinski definition) is 2. The summed E-state index contributed by atoms with van der Waals surface area (Å²) >= 11 is 0. The van der Waals surface area contributed by atoms with E-state index in [9.17, 15) is 4.79 Å². The lowest BCUT2D eigenvalue weighted by Crippen LogP contribution is -2.35. The molecule has 1 atom stereocenters. The van der Waals surface area contributed by atoms with Crippen molar-refractivity contribution in [2.45, 2.75) is 13.3 Å². The number of rotatable bonds is 2. The van der Waals surface area contributed by atoms with Gasteiger partial charge in [0, 0.05) is 12.2 Å². The minimum absolute atomic E-state index is 0.515. The molecule has 0 radical (unpaired) electrons. The summed E-state index contributed by atoms with van der Waals surface area (Å²) in [6, 6.07) is 8.36. The second-order valence-electron chi connectivity index (χ2n) is 4.01. The first-order valence-corrected chi connectivity index (χ1v) is 5.07. The Labute approximate surface area is 84.5 Å². The van der Waals surface area contributed by atoms with E-state index in [0.717, 1.165) is 19.3 Å². The fourth-order valence-electron chi connectivity index (χ4n) is 2.17. The molecule has 0 fully saturated rings. The van der Waals surface area contributed by atoms with E-state index in [1.807, 2.05) is 6.07 Å². The number of carbonyl (C=O) groups is 1. The fraction of sp³-hybridized carbons (Fsp3) is 0.417. The fourth-order valence-corrected chi connectivity index (χ4v) is 2.17. The largest absolute Gasteiger partial charge is 0.364 e. The van der Waals surface area contributed by atoms with Crippen molar-refractivity contribution >= 4 is 12.0 Å². The highest BCUT2D eigenvalue weighted by Crippen LogP contribution is 2.28. The van der Waals surface area contributed by atoms with Crippen LogP contribution in [0.2, 0.25) is 0 Å². The predicted molar refractivity (Wildman–Crippen MR) is 57.6 cm³/mol. The highest BCUT2D eigenvalue weighted by molar-refractivity contribution is 5.64. The molecule has 1 aromatic carbocycles. The summed E-state index contributed by atoms with van der Waals surface area (Å²) in [5, 5.41) is 0. The van der Waals surface area contributed by atoms with Crippen LogP contribution < -0.4 is 4.90 Å². The third-order valence-corrected chi connectivity index (χ3v) is 2.73. The van der Waals surface area contributed by atoms with Gasteiger partial charge in [0.25, 0.3) is 0 Å². The lowest BCUT2D eigenvalue weighted by atomic mass is 9.94. The molecule has 1 aliphatic heterocycles. The first-order valence-electron chi connectivity index (χ1n) is 5.07. The Morgan fingerprint density at radius 3 is 3.07 bits per heavy atom. The van der Waals surface area contributed by atoms with E-state index in [1.165, 1.54) is 11.3 Å². The lowest BCUT2D eigenvalue weighted by molar-refractivity contribution is -0.106. The van der Waals surface area contributed by atoms with Gasteiger partial charge in [-0.1, -0.05) is 25.1 Å². The lowest BCUT2D eigenvalue weighted by Gasteiger charge is -2.33. The molecule has 0 spiro atoms. The number of carbonyl (C=O) groups excluding carboxylic acids is 1. The van der Waals surface area contributed by atoms with Gasteiger partial charge in [0.15, 0.2) is 0 Å². The highest BCUT2D eigenvalue weighted by Gasteiger charge is 2.20. The minimum atomic E-state index is 0.515. The molecule has 1 aromatic rings. The normalized spacial score (nSPS) is 20.4. The van der Waals surface area contributed by atoms with Crippen LogP contribution in [0, 0.1) is 5.92 Å². The number of anilines is 1. The molecule has 2 nitrogen and oxygen atoms in total. The Kier molecular flexibility index (Phi) is 2.53. The Morgan fingerprint density at radius 1 is 1.50 bits per heavy atom. The third-order valence-electron chi connectivity index (χ3n) is 2.73. The monoisotopic (exact) mass is 189 g/mol. The summed E-state index contributed by atoms with van der Waals surface area (Å²) in [7, 11) is 0. The number of aldehydes is 1. The van der Waals surface area contributed by atoms with Crippen molar-refractivity contribution in [1.29, 1.82) is 0 Å². The molecule has 0 saturated heterocycles. The number of para-hydroxylation sites is 1. The maximum atomic E-state index is 10.5. The minimum Gasteiger partial charge on any atom is -0.364 e. The molecule has 0 N–H and O–H groups in total. The molecule has 74 valence electrons. The summed E-state index contributed by atoms with van der Waals surface area (Å²) < 4.78 is 0. The molecule has 0 aromatic heterocycles. The van der Waals surface area contributed by atoms with Crippen molar-refractivity contribution in [3.8, 4) is 0 Å². The van der Waals surface area contributed by atoms with Crippen molar-refractivity contribution in [3.05, 3.63) is 29.8 Å². The first-order chi connectivity index (χ1) is 6.81. The van der Waals surface area contributed by atoms with Gasteiger partial charge in [0.05, 0.1) is 6.54 Å². The van der Waals surface area contributed by atoms with Crippen LogP contribution in [-0.2, 0) is 11.2 Å². The predicted octanol–water partition coefficient (Wildman–Crippen LogP) is 1.88. The molecule has 0 saturated carbocycles. The van der Waals surface area contributed by atoms with Gasteiger partial charge in [-0.25, -0.2) is 0 Å². The maximum Gasteiger partial charge on any atom is 0.139 e. The van der Waals surface area contributed by atoms with Crippen LogP contribution in [0.5, 0.6) is 0 Å². The van der Waals surface area contributed by atoms with E-state index in [0.29, 0.717) is 12.5 Å². The second-order valence-corrected chi connectivity index (χ2v) is 4.01. The van der Waals surface area contributed by atoms with E-state index >= 15 is 0 Å². The van der Waals surface area contributed by atoms with E-state index in [-0.39, 0.29) is 0 Å². The summed E-state index contributed by atoms with van der Waals surface area (Å²) in [5.74, 6) is 0.643. The summed E-state index contributed by atoms with van der Waals surface area (Å²) in [5.41, 5.74) is 2.60. The van der Waals surface area contributed by atoms with Crippen LogP contribution >= 0.6 is 0 Å². The highest BCUT2D eigenvalue weighted by atomic mass is 16.1. The summed E-state index contributed by atoms with van der Waals surface area (Å²) in [6.45, 7) is 3.74. The van der Waals surface area contributed by atoms with Gasteiger partial charge >= 0.3 is 0 Å². The quantitative estimate of drug-likeness (QED) is 0.662. The third kappa shape index (κ3) is 1.65. The number of nitrogens with zero attached hydrogens (tertiary/aromatic N) is 1. The topological polar surface area (TPSA) is 20.3 Å². The van der Waals surface area contributed by atoms with Crippen LogP contribution in [0.1, 0.15) is 12.5 Å². The molecular formula is C12H15NO. The Balaban J connectivity index is 2.33. The molecule has 0 aliphatic carbocycles. The zero-order chi connectivity index (χ0) is 9.97. The summed E-state index contributed by atoms with van der Waals surface area (Å²) in [6.07, 6.45) is 2.11. The Hall–Kier alpha value is -1.31. The average Bonchev–Trinajstić information content (AvgIpc) is 2.18. The molecule has 1 aliphatic rings. The smallest absolute Gasteiger partial charge is 0.139 e. The van der Waals surface area contributed by atoms with E-state index in [4.69, 9.17) is 0 Å². The SMILES string of the molecule is CC1Cc2ccccc2N(CC=O)C1. The first kappa shape index (κ1) is 9.25. The molecule has 1 heterocycles. The zero-order valence-electron chi connectivity index (χ0n) is 8.44. The van der Waals surface area contributed by atoms with Gasteiger partial charge in [-0.15, -0.1) is 0 Å². The van der Waals surface area contributed by atoms with E-state index < -0.39 is 0 Å². The van der Waals surface area contributed by atoms with Crippen LogP contribution in [0.3, 0.4) is 0 Å². The molecule has 14 heavy (non-hydrogen) atoms. The zero-order valence-corrected chi connectivity index (χ0v) is 8.44. The molecule has 2 rings (SSSR count). The van der Waals surface area contributed by atoms with Crippen molar-refractivity contribution in [1.82, 2.24) is 0 Å². The van der Waals surface area contributed by atoms with Crippen molar-refractivity contribution < 1.29 is 4.79 Å². The molecule has 1 unspecified atom stereocenters. The Morgan fingerprint density at radius 2 is 2.29 bits per heavy atom. The van der Waals surface area contributed by atoms with Crippen molar-refractivity contribution in [3.63, 3.8) is 0 Å². The average molecular weight is 189 g/mol. The van der Waals surface area contributed by atoms with Gasteiger partial charge < -0.3 is 9.69 Å². The molecule has 0 amide bonds. The van der Waals surface area contributed by atoms with Crippen LogP contribution in [0.4, 0.5) is 5.69 Å². The molecular weight excluding hydrogens is 174 g/mol. The number of benzene rings is 1. The summed E-state index contributed by atoms with van der Waals surface area (Å²) in [4.78, 5) is 12.7. The second kappa shape index (κ2) is 3.82.